The molecule has 1 unspecified atom stereocenters. The fourth-order valence-electron chi connectivity index (χ4n) is 4.12. The minimum Gasteiger partial charge on any atom is -0.489 e. The number of ether oxygens (including phenoxy) is 1. The Balaban J connectivity index is 1.54. The van der Waals surface area contributed by atoms with Crippen molar-refractivity contribution in [2.75, 3.05) is 12.3 Å². The predicted octanol–water partition coefficient (Wildman–Crippen LogP) is 5.63. The van der Waals surface area contributed by atoms with Gasteiger partial charge in [-0.05, 0) is 55.2 Å². The molecule has 162 valence electrons. The van der Waals surface area contributed by atoms with Crippen LogP contribution in [0, 0.1) is 20.8 Å². The number of rotatable bonds is 6. The molecular weight excluding hydrogens is 426 g/mol. The lowest BCUT2D eigenvalue weighted by Gasteiger charge is -2.25. The highest BCUT2D eigenvalue weighted by Crippen LogP contribution is 2.42. The Morgan fingerprint density at radius 3 is 2.26 bits per heavy atom. The highest BCUT2D eigenvalue weighted by molar-refractivity contribution is 8.01. The van der Waals surface area contributed by atoms with E-state index in [0.29, 0.717) is 18.0 Å². The van der Waals surface area contributed by atoms with Crippen molar-refractivity contribution in [3.8, 4) is 5.75 Å². The summed E-state index contributed by atoms with van der Waals surface area (Å²) in [6.07, 6.45) is 0. The highest BCUT2D eigenvalue weighted by Gasteiger charge is 2.38. The molecule has 1 fully saturated rings. The minimum absolute atomic E-state index is 0.228. The molecule has 0 saturated carbocycles. The van der Waals surface area contributed by atoms with Crippen LogP contribution in [-0.2, 0) is 16.6 Å². The maximum Gasteiger partial charge on any atom is 0.244 e. The van der Waals surface area contributed by atoms with Gasteiger partial charge in [0.2, 0.25) is 10.0 Å². The molecule has 0 aromatic heterocycles. The molecule has 3 aromatic carbocycles. The Morgan fingerprint density at radius 1 is 0.968 bits per heavy atom. The maximum atomic E-state index is 13.6. The van der Waals surface area contributed by atoms with E-state index in [2.05, 4.69) is 0 Å². The van der Waals surface area contributed by atoms with Crippen LogP contribution in [0.2, 0.25) is 0 Å². The van der Waals surface area contributed by atoms with E-state index in [1.165, 1.54) is 0 Å². The Hall–Kier alpha value is -2.28. The van der Waals surface area contributed by atoms with Gasteiger partial charge >= 0.3 is 0 Å². The Bertz CT molecular complexity index is 1140. The topological polar surface area (TPSA) is 46.6 Å². The largest absolute Gasteiger partial charge is 0.489 e. The third kappa shape index (κ3) is 4.66. The number of aryl methyl sites for hydroxylation is 3. The van der Waals surface area contributed by atoms with E-state index >= 15 is 0 Å². The van der Waals surface area contributed by atoms with Crippen molar-refractivity contribution in [2.24, 2.45) is 0 Å². The molecule has 1 aliphatic rings. The van der Waals surface area contributed by atoms with E-state index < -0.39 is 10.0 Å². The summed E-state index contributed by atoms with van der Waals surface area (Å²) in [5.41, 5.74) is 4.77. The lowest BCUT2D eigenvalue weighted by Crippen LogP contribution is -2.31. The molecule has 0 radical (unpaired) electrons. The highest BCUT2D eigenvalue weighted by atomic mass is 32.2. The first-order chi connectivity index (χ1) is 14.9. The molecule has 4 nitrogen and oxygen atoms in total. The molecule has 1 atom stereocenters. The summed E-state index contributed by atoms with van der Waals surface area (Å²) in [4.78, 5) is 0.438. The molecule has 1 saturated heterocycles. The Labute approximate surface area is 189 Å². The van der Waals surface area contributed by atoms with Gasteiger partial charge in [-0.2, -0.15) is 4.31 Å². The van der Waals surface area contributed by atoms with Gasteiger partial charge in [-0.3, -0.25) is 0 Å². The molecule has 3 aromatic rings. The molecular formula is C25H27NO3S2. The summed E-state index contributed by atoms with van der Waals surface area (Å²) in [6, 6.07) is 21.7. The standard InChI is InChI=1S/C25H27NO3S2/c1-18-15-19(2)24(20(3)16-18)31(27,28)26-13-14-30-25(26)22-9-11-23(12-10-22)29-17-21-7-5-4-6-8-21/h4-12,15-16,25H,13-14,17H2,1-3H3. The van der Waals surface area contributed by atoms with Gasteiger partial charge in [0.25, 0.3) is 0 Å². The summed E-state index contributed by atoms with van der Waals surface area (Å²) in [7, 11) is -3.59. The summed E-state index contributed by atoms with van der Waals surface area (Å²) < 4.78 is 34.7. The number of hydrogen-bond donors (Lipinski definition) is 0. The van der Waals surface area contributed by atoms with Crippen molar-refractivity contribution in [3.63, 3.8) is 0 Å². The first-order valence-corrected chi connectivity index (χ1v) is 12.8. The first kappa shape index (κ1) is 21.9. The number of thioether (sulfide) groups is 1. The normalized spacial score (nSPS) is 17.1. The zero-order chi connectivity index (χ0) is 22.0. The molecule has 0 amide bonds. The molecule has 0 N–H and O–H groups in total. The van der Waals surface area contributed by atoms with E-state index in [1.807, 2.05) is 87.5 Å². The molecule has 31 heavy (non-hydrogen) atoms. The van der Waals surface area contributed by atoms with Gasteiger partial charge in [0.15, 0.2) is 0 Å². The van der Waals surface area contributed by atoms with Gasteiger partial charge in [0.1, 0.15) is 12.4 Å². The third-order valence-corrected chi connectivity index (χ3v) is 9.00. The summed E-state index contributed by atoms with van der Waals surface area (Å²) in [6.45, 7) is 6.77. The summed E-state index contributed by atoms with van der Waals surface area (Å²) >= 11 is 1.66. The monoisotopic (exact) mass is 453 g/mol. The SMILES string of the molecule is Cc1cc(C)c(S(=O)(=O)N2CCSC2c2ccc(OCc3ccccc3)cc2)c(C)c1. The molecule has 0 bridgehead atoms. The fraction of sp³-hybridized carbons (Fsp3) is 0.280. The lowest BCUT2D eigenvalue weighted by atomic mass is 10.1. The summed E-state index contributed by atoms with van der Waals surface area (Å²) in [5, 5.41) is -0.228. The fourth-order valence-corrected chi connectivity index (χ4v) is 7.78. The quantitative estimate of drug-likeness (QED) is 0.485. The zero-order valence-electron chi connectivity index (χ0n) is 18.0. The summed E-state index contributed by atoms with van der Waals surface area (Å²) in [5.74, 6) is 1.55. The van der Waals surface area contributed by atoms with E-state index in [-0.39, 0.29) is 5.37 Å². The van der Waals surface area contributed by atoms with E-state index in [0.717, 1.165) is 39.3 Å². The zero-order valence-corrected chi connectivity index (χ0v) is 19.7. The van der Waals surface area contributed by atoms with Crippen LogP contribution in [0.1, 0.15) is 33.2 Å². The van der Waals surface area contributed by atoms with Crippen LogP contribution < -0.4 is 4.74 Å². The van der Waals surface area contributed by atoms with Gasteiger partial charge in [0.05, 0.1) is 10.3 Å². The molecule has 1 heterocycles. The van der Waals surface area contributed by atoms with Gasteiger partial charge in [0, 0.05) is 12.3 Å². The van der Waals surface area contributed by atoms with Crippen LogP contribution in [0.15, 0.2) is 71.6 Å². The van der Waals surface area contributed by atoms with Crippen molar-refractivity contribution in [1.29, 1.82) is 0 Å². The third-order valence-electron chi connectivity index (χ3n) is 5.43. The molecule has 0 aliphatic carbocycles. The van der Waals surface area contributed by atoms with Crippen molar-refractivity contribution in [3.05, 3.63) is 94.5 Å². The van der Waals surface area contributed by atoms with E-state index in [4.69, 9.17) is 4.74 Å². The van der Waals surface area contributed by atoms with Crippen LogP contribution in [0.25, 0.3) is 0 Å². The van der Waals surface area contributed by atoms with E-state index in [9.17, 15) is 8.42 Å². The smallest absolute Gasteiger partial charge is 0.244 e. The predicted molar refractivity (Wildman–Crippen MR) is 127 cm³/mol. The van der Waals surface area contributed by atoms with Gasteiger partial charge in [-0.25, -0.2) is 8.42 Å². The number of hydrogen-bond acceptors (Lipinski definition) is 4. The maximum absolute atomic E-state index is 13.6. The molecule has 0 spiro atoms. The van der Waals surface area contributed by atoms with Gasteiger partial charge in [-0.15, -0.1) is 11.8 Å². The van der Waals surface area contributed by atoms with Gasteiger partial charge < -0.3 is 4.74 Å². The molecule has 4 rings (SSSR count). The lowest BCUT2D eigenvalue weighted by molar-refractivity contribution is 0.306. The van der Waals surface area contributed by atoms with Crippen molar-refractivity contribution < 1.29 is 13.2 Å². The number of sulfonamides is 1. The number of benzene rings is 3. The van der Waals surface area contributed by atoms with Crippen LogP contribution >= 0.6 is 11.8 Å². The average Bonchev–Trinajstić information content (AvgIpc) is 3.23. The van der Waals surface area contributed by atoms with Crippen LogP contribution in [0.3, 0.4) is 0 Å². The molecule has 6 heteroatoms. The average molecular weight is 454 g/mol. The van der Waals surface area contributed by atoms with E-state index in [1.54, 1.807) is 16.1 Å². The first-order valence-electron chi connectivity index (χ1n) is 10.3. The number of nitrogens with zero attached hydrogens (tertiary/aromatic N) is 1. The Morgan fingerprint density at radius 2 is 1.61 bits per heavy atom. The van der Waals surface area contributed by atoms with Crippen molar-refractivity contribution in [1.82, 2.24) is 4.31 Å². The van der Waals surface area contributed by atoms with Gasteiger partial charge in [-0.1, -0.05) is 60.2 Å². The van der Waals surface area contributed by atoms with Crippen LogP contribution in [0.5, 0.6) is 5.75 Å². The second-order valence-corrected chi connectivity index (χ2v) is 10.9. The molecule has 1 aliphatic heterocycles. The van der Waals surface area contributed by atoms with Crippen LogP contribution in [0.4, 0.5) is 0 Å². The van der Waals surface area contributed by atoms with Crippen molar-refractivity contribution in [2.45, 2.75) is 37.6 Å². The second-order valence-electron chi connectivity index (χ2n) is 7.91. The van der Waals surface area contributed by atoms with Crippen LogP contribution in [-0.4, -0.2) is 25.0 Å². The van der Waals surface area contributed by atoms with Crippen molar-refractivity contribution >= 4 is 21.8 Å². The second kappa shape index (κ2) is 9.07. The Kier molecular flexibility index (Phi) is 6.42. The minimum atomic E-state index is -3.59.